The van der Waals surface area contributed by atoms with E-state index in [9.17, 15) is 4.79 Å². The maximum Gasteiger partial charge on any atom is 0.226 e. The first-order chi connectivity index (χ1) is 10.8. The molecule has 22 heavy (non-hydrogen) atoms. The van der Waals surface area contributed by atoms with Gasteiger partial charge in [0, 0.05) is 52.4 Å². The molecule has 0 aromatic heterocycles. The van der Waals surface area contributed by atoms with E-state index in [1.807, 2.05) is 11.0 Å². The molecule has 1 saturated carbocycles. The van der Waals surface area contributed by atoms with Gasteiger partial charge in [0.05, 0.1) is 6.04 Å². The van der Waals surface area contributed by atoms with Crippen LogP contribution in [0.4, 0.5) is 5.69 Å². The van der Waals surface area contributed by atoms with E-state index < -0.39 is 0 Å². The molecule has 2 aliphatic rings. The van der Waals surface area contributed by atoms with E-state index in [4.69, 9.17) is 0 Å². The number of benzene rings is 1. The van der Waals surface area contributed by atoms with Gasteiger partial charge in [0.15, 0.2) is 0 Å². The second-order valence-electron chi connectivity index (χ2n) is 5.76. The van der Waals surface area contributed by atoms with Gasteiger partial charge in [-0.25, -0.2) is 0 Å². The smallest absolute Gasteiger partial charge is 0.226 e. The highest BCUT2D eigenvalue weighted by molar-refractivity contribution is 14.2. The number of carbonyl (C=O) groups is 1. The normalized spacial score (nSPS) is 21.8. The summed E-state index contributed by atoms with van der Waals surface area (Å²) in [7, 11) is 1.49. The fourth-order valence-electron chi connectivity index (χ4n) is 2.90. The number of para-hydroxylation sites is 1. The molecule has 116 valence electrons. The summed E-state index contributed by atoms with van der Waals surface area (Å²) in [4.78, 5) is 17.0. The van der Waals surface area contributed by atoms with E-state index in [1.54, 1.807) is 0 Å². The molecule has 1 aliphatic carbocycles. The van der Waals surface area contributed by atoms with Crippen molar-refractivity contribution < 1.29 is 4.79 Å². The quantitative estimate of drug-likeness (QED) is 0.534. The zero-order chi connectivity index (χ0) is 15.4. The molecule has 1 saturated heterocycles. The van der Waals surface area contributed by atoms with Gasteiger partial charge in [-0.15, -0.1) is 0 Å². The number of halogens is 1. The van der Waals surface area contributed by atoms with Crippen molar-refractivity contribution in [1.29, 1.82) is 0 Å². The van der Waals surface area contributed by atoms with Gasteiger partial charge in [0.1, 0.15) is 0 Å². The average Bonchev–Trinajstić information content (AvgIpc) is 3.40. The third-order valence-electron chi connectivity index (χ3n) is 4.25. The number of amides is 1. The van der Waals surface area contributed by atoms with Crippen molar-refractivity contribution in [2.75, 3.05) is 24.5 Å². The highest BCUT2D eigenvalue weighted by atomic mass is 127. The number of hydrogen-bond donors (Lipinski definition) is 0. The summed E-state index contributed by atoms with van der Waals surface area (Å²) in [6.45, 7) is 2.61. The Morgan fingerprint density at radius 3 is 2.59 bits per heavy atom. The zero-order valence-corrected chi connectivity index (χ0v) is 15.3. The minimum atomic E-state index is 0.0593. The Morgan fingerprint density at radius 2 is 1.91 bits per heavy atom. The van der Waals surface area contributed by atoms with E-state index in [0.717, 1.165) is 38.9 Å². The first-order valence-corrected chi connectivity index (χ1v) is 11.0. The molecule has 1 atom stereocenters. The van der Waals surface area contributed by atoms with Gasteiger partial charge in [-0.2, -0.15) is 0 Å². The van der Waals surface area contributed by atoms with E-state index in [0.29, 0.717) is 5.91 Å². The summed E-state index contributed by atoms with van der Waals surface area (Å²) in [5, 5.41) is 3.09. The van der Waals surface area contributed by atoms with E-state index in [1.165, 1.54) is 14.6 Å². The van der Waals surface area contributed by atoms with Crippen molar-refractivity contribution in [3.63, 3.8) is 0 Å². The largest absolute Gasteiger partial charge is 0.370 e. The first-order valence-electron chi connectivity index (χ1n) is 7.68. The molecule has 1 aromatic carbocycles. The lowest BCUT2D eigenvalue weighted by atomic mass is 10.1. The van der Waals surface area contributed by atoms with Gasteiger partial charge in [-0.3, -0.25) is 4.79 Å². The van der Waals surface area contributed by atoms with Crippen LogP contribution in [0.3, 0.4) is 0 Å². The maximum atomic E-state index is 12.6. The summed E-state index contributed by atoms with van der Waals surface area (Å²) in [6, 6.07) is 10.5. The lowest BCUT2D eigenvalue weighted by molar-refractivity contribution is -0.133. The summed E-state index contributed by atoms with van der Waals surface area (Å²) >= 11 is 2.19. The molecule has 1 aliphatic heterocycles. The molecule has 1 unspecified atom stereocenters. The molecule has 0 radical (unpaired) electrons. The van der Waals surface area contributed by atoms with Crippen LogP contribution in [-0.4, -0.2) is 36.5 Å². The molecular formula is C17H19IN2OS. The van der Waals surface area contributed by atoms with Crippen LogP contribution in [0.15, 0.2) is 30.3 Å². The second kappa shape index (κ2) is 7.60. The molecule has 3 rings (SSSR count). The van der Waals surface area contributed by atoms with Crippen molar-refractivity contribution in [2.24, 2.45) is 5.92 Å². The van der Waals surface area contributed by atoms with Crippen LogP contribution in [-0.2, 0) is 4.79 Å². The molecule has 0 spiro atoms. The average molecular weight is 426 g/mol. The predicted molar refractivity (Wildman–Crippen MR) is 101 cm³/mol. The molecule has 3 nitrogen and oxygen atoms in total. The molecule has 0 bridgehead atoms. The topological polar surface area (TPSA) is 23.6 Å². The molecule has 1 amide bonds. The Labute approximate surface area is 148 Å². The summed E-state index contributed by atoms with van der Waals surface area (Å²) < 4.78 is 0. The van der Waals surface area contributed by atoms with Crippen LogP contribution in [0.1, 0.15) is 19.3 Å². The number of anilines is 1. The number of carbonyl (C=O) groups excluding carboxylic acids is 1. The summed E-state index contributed by atoms with van der Waals surface area (Å²) in [5.74, 6) is 3.86. The fraction of sp³-hybridized carbons (Fsp3) is 0.471. The minimum absolute atomic E-state index is 0.0593. The van der Waals surface area contributed by atoms with Gasteiger partial charge < -0.3 is 9.80 Å². The summed E-state index contributed by atoms with van der Waals surface area (Å²) in [6.07, 6.45) is 3.02. The molecule has 2 fully saturated rings. The van der Waals surface area contributed by atoms with Crippen LogP contribution in [0.25, 0.3) is 0 Å². The van der Waals surface area contributed by atoms with Crippen LogP contribution in [0.2, 0.25) is 0 Å². The van der Waals surface area contributed by atoms with E-state index in [2.05, 4.69) is 61.5 Å². The monoisotopic (exact) mass is 426 g/mol. The predicted octanol–water partition coefficient (Wildman–Crippen LogP) is 3.55. The lowest BCUT2D eigenvalue weighted by Gasteiger charge is -2.26. The third kappa shape index (κ3) is 3.90. The molecule has 1 aromatic rings. The van der Waals surface area contributed by atoms with E-state index >= 15 is 0 Å². The molecule has 0 N–H and O–H groups in total. The van der Waals surface area contributed by atoms with Crippen LogP contribution < -0.4 is 4.90 Å². The van der Waals surface area contributed by atoms with Gasteiger partial charge in [0.2, 0.25) is 5.91 Å². The fourth-order valence-corrected chi connectivity index (χ4v) is 3.46. The second-order valence-corrected chi connectivity index (χ2v) is 7.44. The molecule has 5 heteroatoms. The maximum absolute atomic E-state index is 12.6. The lowest BCUT2D eigenvalue weighted by Crippen LogP contribution is -2.41. The van der Waals surface area contributed by atoms with Crippen LogP contribution >= 0.6 is 30.1 Å². The van der Waals surface area contributed by atoms with Gasteiger partial charge >= 0.3 is 0 Å². The SMILES string of the molecule is O=C(C1CC1)N1CCN(c2ccccc2)CCC1C#CSI. The van der Waals surface area contributed by atoms with Crippen LogP contribution in [0.5, 0.6) is 0 Å². The minimum Gasteiger partial charge on any atom is -0.370 e. The molecular weight excluding hydrogens is 407 g/mol. The summed E-state index contributed by atoms with van der Waals surface area (Å²) in [5.41, 5.74) is 1.23. The number of hydrogen-bond acceptors (Lipinski definition) is 3. The Hall–Kier alpha value is -0.870. The van der Waals surface area contributed by atoms with Crippen molar-refractivity contribution in [3.8, 4) is 11.2 Å². The number of rotatable bonds is 2. The highest BCUT2D eigenvalue weighted by Gasteiger charge is 2.37. The van der Waals surface area contributed by atoms with Gasteiger partial charge in [-0.1, -0.05) is 24.1 Å². The van der Waals surface area contributed by atoms with Crippen molar-refractivity contribution in [3.05, 3.63) is 30.3 Å². The van der Waals surface area contributed by atoms with Crippen molar-refractivity contribution in [1.82, 2.24) is 4.90 Å². The molecule has 1 heterocycles. The Bertz CT molecular complexity index is 579. The standard InChI is InChI=1S/C17H19IN2OS/c18-22-13-9-16-8-10-19(15-4-2-1-3-5-15)11-12-20(16)17(21)14-6-7-14/h1-5,14,16H,6-8,10-12H2. The van der Waals surface area contributed by atoms with Gasteiger partial charge in [-0.05, 0) is 45.6 Å². The third-order valence-corrected chi connectivity index (χ3v) is 5.11. The Morgan fingerprint density at radius 1 is 1.14 bits per heavy atom. The highest BCUT2D eigenvalue weighted by Crippen LogP contribution is 2.32. The van der Waals surface area contributed by atoms with E-state index in [-0.39, 0.29) is 12.0 Å². The van der Waals surface area contributed by atoms with Crippen molar-refractivity contribution >= 4 is 41.7 Å². The zero-order valence-electron chi connectivity index (χ0n) is 12.4. The Kier molecular flexibility index (Phi) is 5.53. The number of nitrogens with zero attached hydrogens (tertiary/aromatic N) is 2. The first kappa shape index (κ1) is 16.0. The van der Waals surface area contributed by atoms with Crippen molar-refractivity contribution in [2.45, 2.75) is 25.3 Å². The van der Waals surface area contributed by atoms with Gasteiger partial charge in [0.25, 0.3) is 0 Å². The Balaban J connectivity index is 1.75. The van der Waals surface area contributed by atoms with Crippen LogP contribution in [0, 0.1) is 17.1 Å².